The van der Waals surface area contributed by atoms with Crippen LogP contribution in [-0.4, -0.2) is 59.9 Å². The number of piperazine rings is 1. The van der Waals surface area contributed by atoms with Crippen LogP contribution in [0, 0.1) is 13.8 Å². The maximum atomic E-state index is 13.1. The lowest BCUT2D eigenvalue weighted by molar-refractivity contribution is 0.0599. The van der Waals surface area contributed by atoms with Crippen LogP contribution < -0.4 is 0 Å². The summed E-state index contributed by atoms with van der Waals surface area (Å²) in [7, 11) is 1.35. The first kappa shape index (κ1) is 20.2. The van der Waals surface area contributed by atoms with Crippen molar-refractivity contribution >= 4 is 22.6 Å². The first-order chi connectivity index (χ1) is 14.5. The monoisotopic (exact) mass is 405 g/mol. The Morgan fingerprint density at radius 3 is 2.43 bits per heavy atom. The highest BCUT2D eigenvalue weighted by atomic mass is 16.5. The second kappa shape index (κ2) is 8.32. The van der Waals surface area contributed by atoms with Gasteiger partial charge in [-0.1, -0.05) is 42.5 Å². The van der Waals surface area contributed by atoms with Gasteiger partial charge in [0.25, 0.3) is 5.91 Å². The van der Waals surface area contributed by atoms with Crippen molar-refractivity contribution in [3.8, 4) is 0 Å². The topological polar surface area (TPSA) is 65.6 Å². The lowest BCUT2D eigenvalue weighted by Gasteiger charge is -2.35. The number of amides is 1. The molecule has 0 saturated carbocycles. The van der Waals surface area contributed by atoms with E-state index >= 15 is 0 Å². The molecule has 0 spiro atoms. The molecule has 6 nitrogen and oxygen atoms in total. The molecule has 30 heavy (non-hydrogen) atoms. The summed E-state index contributed by atoms with van der Waals surface area (Å²) in [6.45, 7) is 7.41. The Morgan fingerprint density at radius 1 is 1.00 bits per heavy atom. The van der Waals surface area contributed by atoms with Crippen molar-refractivity contribution in [2.45, 2.75) is 20.4 Å². The molecule has 0 unspecified atom stereocenters. The molecule has 4 rings (SSSR count). The number of methoxy groups -OCH3 is 1. The highest BCUT2D eigenvalue weighted by Crippen LogP contribution is 2.23. The number of hydrogen-bond acceptors (Lipinski definition) is 4. The molecule has 1 N–H and O–H groups in total. The second-order valence-electron chi connectivity index (χ2n) is 7.82. The number of aromatic amines is 1. The molecule has 0 radical (unpaired) electrons. The van der Waals surface area contributed by atoms with Gasteiger partial charge in [-0.05, 0) is 35.7 Å². The molecule has 0 aliphatic carbocycles. The van der Waals surface area contributed by atoms with Crippen molar-refractivity contribution in [1.29, 1.82) is 0 Å². The van der Waals surface area contributed by atoms with Crippen molar-refractivity contribution in [3.63, 3.8) is 0 Å². The van der Waals surface area contributed by atoms with Crippen LogP contribution in [0.3, 0.4) is 0 Å². The first-order valence-corrected chi connectivity index (χ1v) is 10.3. The lowest BCUT2D eigenvalue weighted by Crippen LogP contribution is -2.48. The summed E-state index contributed by atoms with van der Waals surface area (Å²) in [5.74, 6) is -0.476. The third-order valence-corrected chi connectivity index (χ3v) is 5.97. The first-order valence-electron chi connectivity index (χ1n) is 10.3. The third-order valence-electron chi connectivity index (χ3n) is 5.97. The van der Waals surface area contributed by atoms with Crippen LogP contribution in [0.2, 0.25) is 0 Å². The Kier molecular flexibility index (Phi) is 5.59. The van der Waals surface area contributed by atoms with Gasteiger partial charge < -0.3 is 14.6 Å². The molecule has 0 bridgehead atoms. The fourth-order valence-corrected chi connectivity index (χ4v) is 4.31. The van der Waals surface area contributed by atoms with Gasteiger partial charge in [0.2, 0.25) is 0 Å². The summed E-state index contributed by atoms with van der Waals surface area (Å²) in [5, 5.41) is 2.54. The summed E-state index contributed by atoms with van der Waals surface area (Å²) in [6.07, 6.45) is 0. The van der Waals surface area contributed by atoms with Gasteiger partial charge in [-0.15, -0.1) is 0 Å². The number of esters is 1. The minimum Gasteiger partial charge on any atom is -0.465 e. The highest BCUT2D eigenvalue weighted by Gasteiger charge is 2.28. The van der Waals surface area contributed by atoms with E-state index in [9.17, 15) is 9.59 Å². The number of hydrogen-bond donors (Lipinski definition) is 1. The van der Waals surface area contributed by atoms with Crippen molar-refractivity contribution in [2.75, 3.05) is 33.3 Å². The molecule has 0 atom stereocenters. The maximum absolute atomic E-state index is 13.1. The van der Waals surface area contributed by atoms with Crippen LogP contribution in [0.5, 0.6) is 0 Å². The van der Waals surface area contributed by atoms with Gasteiger partial charge in [0.1, 0.15) is 5.69 Å². The van der Waals surface area contributed by atoms with Crippen molar-refractivity contribution in [1.82, 2.24) is 14.8 Å². The number of H-pyrrole nitrogens is 1. The normalized spacial score (nSPS) is 14.8. The minimum absolute atomic E-state index is 0.0597. The molecule has 2 heterocycles. The number of nitrogens with one attached hydrogen (secondary N) is 1. The van der Waals surface area contributed by atoms with Gasteiger partial charge in [-0.3, -0.25) is 9.69 Å². The van der Waals surface area contributed by atoms with Gasteiger partial charge >= 0.3 is 5.97 Å². The second-order valence-corrected chi connectivity index (χ2v) is 7.82. The summed E-state index contributed by atoms with van der Waals surface area (Å²) in [6, 6.07) is 14.9. The zero-order chi connectivity index (χ0) is 21.3. The predicted octanol–water partition coefficient (Wildman–Crippen LogP) is 3.53. The van der Waals surface area contributed by atoms with E-state index in [2.05, 4.69) is 52.3 Å². The van der Waals surface area contributed by atoms with Crippen LogP contribution in [0.1, 0.15) is 37.7 Å². The standard InChI is InChI=1S/C24H27N3O3/c1-16-21(24(29)30-3)17(2)25-22(16)23(28)27-13-11-26(12-14-27)15-19-9-6-8-18-7-4-5-10-20(18)19/h4-10,25H,11-15H2,1-3H3. The summed E-state index contributed by atoms with van der Waals surface area (Å²) >= 11 is 0. The van der Waals surface area contributed by atoms with Gasteiger partial charge in [0.05, 0.1) is 12.7 Å². The number of aromatic nitrogens is 1. The quantitative estimate of drug-likeness (QED) is 0.675. The van der Waals surface area contributed by atoms with E-state index in [4.69, 9.17) is 4.74 Å². The molecular formula is C24H27N3O3. The maximum Gasteiger partial charge on any atom is 0.339 e. The molecule has 6 heteroatoms. The number of carbonyl (C=O) groups is 2. The molecule has 3 aromatic rings. The van der Waals surface area contributed by atoms with E-state index in [0.717, 1.165) is 19.6 Å². The van der Waals surface area contributed by atoms with Crippen LogP contribution in [0.25, 0.3) is 10.8 Å². The highest BCUT2D eigenvalue weighted by molar-refractivity contribution is 6.00. The molecule has 1 aliphatic rings. The number of rotatable bonds is 4. The Hall–Kier alpha value is -3.12. The zero-order valence-corrected chi connectivity index (χ0v) is 17.7. The van der Waals surface area contributed by atoms with Gasteiger partial charge in [0.15, 0.2) is 0 Å². The van der Waals surface area contributed by atoms with Gasteiger partial charge in [-0.2, -0.15) is 0 Å². The van der Waals surface area contributed by atoms with Crippen LogP contribution in [0.4, 0.5) is 0 Å². The molecule has 1 fully saturated rings. The molecule has 1 aromatic heterocycles. The van der Waals surface area contributed by atoms with E-state index in [0.29, 0.717) is 35.6 Å². The van der Waals surface area contributed by atoms with Gasteiger partial charge in [-0.25, -0.2) is 4.79 Å². The molecule has 2 aromatic carbocycles. The van der Waals surface area contributed by atoms with Crippen LogP contribution in [-0.2, 0) is 11.3 Å². The summed E-state index contributed by atoms with van der Waals surface area (Å²) < 4.78 is 4.85. The molecule has 1 saturated heterocycles. The molecule has 1 amide bonds. The SMILES string of the molecule is COC(=O)c1c(C)[nH]c(C(=O)N2CCN(Cc3cccc4ccccc34)CC2)c1C. The van der Waals surface area contributed by atoms with E-state index in [1.54, 1.807) is 13.8 Å². The largest absolute Gasteiger partial charge is 0.465 e. The molecule has 156 valence electrons. The Bertz CT molecular complexity index is 1090. The number of nitrogens with zero attached hydrogens (tertiary/aromatic N) is 2. The van der Waals surface area contributed by atoms with Crippen molar-refractivity contribution in [2.24, 2.45) is 0 Å². The molecule has 1 aliphatic heterocycles. The van der Waals surface area contributed by atoms with Crippen LogP contribution >= 0.6 is 0 Å². The average Bonchev–Trinajstić information content (AvgIpc) is 3.07. The summed E-state index contributed by atoms with van der Waals surface area (Å²) in [5.41, 5.74) is 3.57. The van der Waals surface area contributed by atoms with E-state index in [1.807, 2.05) is 4.90 Å². The number of ether oxygens (including phenoxy) is 1. The number of aryl methyl sites for hydroxylation is 1. The van der Waals surface area contributed by atoms with Gasteiger partial charge in [0, 0.05) is 38.4 Å². The summed E-state index contributed by atoms with van der Waals surface area (Å²) in [4.78, 5) is 32.4. The Morgan fingerprint density at radius 2 is 1.70 bits per heavy atom. The number of fused-ring (bicyclic) bond motifs is 1. The van der Waals surface area contributed by atoms with E-state index in [1.165, 1.54) is 23.4 Å². The predicted molar refractivity (Wildman–Crippen MR) is 117 cm³/mol. The number of carbonyl (C=O) groups excluding carboxylic acids is 2. The average molecular weight is 405 g/mol. The fraction of sp³-hybridized carbons (Fsp3) is 0.333. The molecular weight excluding hydrogens is 378 g/mol. The van der Waals surface area contributed by atoms with E-state index < -0.39 is 5.97 Å². The van der Waals surface area contributed by atoms with Crippen LogP contribution in [0.15, 0.2) is 42.5 Å². The van der Waals surface area contributed by atoms with Crippen molar-refractivity contribution < 1.29 is 14.3 Å². The minimum atomic E-state index is -0.416. The Balaban J connectivity index is 1.43. The van der Waals surface area contributed by atoms with E-state index in [-0.39, 0.29) is 5.91 Å². The zero-order valence-electron chi connectivity index (χ0n) is 17.7. The third kappa shape index (κ3) is 3.71. The number of benzene rings is 2. The fourth-order valence-electron chi connectivity index (χ4n) is 4.31. The smallest absolute Gasteiger partial charge is 0.339 e. The Labute approximate surface area is 176 Å². The lowest BCUT2D eigenvalue weighted by atomic mass is 10.0. The van der Waals surface area contributed by atoms with Crippen molar-refractivity contribution in [3.05, 3.63) is 70.5 Å².